The van der Waals surface area contributed by atoms with E-state index in [2.05, 4.69) is 20.2 Å². The Morgan fingerprint density at radius 2 is 1.87 bits per heavy atom. The fraction of sp³-hybridized carbons (Fsp3) is 0.211. The van der Waals surface area contributed by atoms with E-state index < -0.39 is 22.0 Å². The molecule has 0 aliphatic carbocycles. The van der Waals surface area contributed by atoms with Crippen LogP contribution in [0.3, 0.4) is 0 Å². The van der Waals surface area contributed by atoms with Gasteiger partial charge in [-0.25, -0.2) is 13.1 Å². The lowest BCUT2D eigenvalue weighted by Crippen LogP contribution is -2.28. The molecule has 1 amide bonds. The van der Waals surface area contributed by atoms with Crippen LogP contribution in [0.4, 0.5) is 5.13 Å². The van der Waals surface area contributed by atoms with Crippen LogP contribution < -0.4 is 14.8 Å². The molecule has 12 heteroatoms. The maximum Gasteiger partial charge on any atom is 0.270 e. The lowest BCUT2D eigenvalue weighted by atomic mass is 10.1. The Labute approximate surface area is 193 Å². The second-order valence-electron chi connectivity index (χ2n) is 6.31. The summed E-state index contributed by atoms with van der Waals surface area (Å²) in [5.74, 6) is 0.117. The predicted octanol–water partition coefficient (Wildman–Crippen LogP) is 4.54. The van der Waals surface area contributed by atoms with Crippen LogP contribution in [-0.4, -0.2) is 31.6 Å². The molecule has 1 atom stereocenters. The number of aromatic nitrogens is 2. The Kier molecular flexibility index (Phi) is 7.50. The summed E-state index contributed by atoms with van der Waals surface area (Å²) < 4.78 is 33.0. The summed E-state index contributed by atoms with van der Waals surface area (Å²) in [6.45, 7) is 1.86. The van der Waals surface area contributed by atoms with Crippen LogP contribution in [0.25, 0.3) is 0 Å². The van der Waals surface area contributed by atoms with E-state index in [9.17, 15) is 13.2 Å². The molecule has 1 aromatic heterocycles. The van der Waals surface area contributed by atoms with Gasteiger partial charge in [-0.15, -0.1) is 10.2 Å². The van der Waals surface area contributed by atoms with E-state index in [-0.39, 0.29) is 20.1 Å². The molecule has 0 fully saturated rings. The zero-order valence-corrected chi connectivity index (χ0v) is 19.6. The molecular weight excluding hydrogens is 483 g/mol. The fourth-order valence-corrected chi connectivity index (χ4v) is 5.38. The zero-order chi connectivity index (χ0) is 22.6. The van der Waals surface area contributed by atoms with Gasteiger partial charge in [-0.05, 0) is 42.3 Å². The number of anilines is 1. The summed E-state index contributed by atoms with van der Waals surface area (Å²) in [4.78, 5) is 12.4. The van der Waals surface area contributed by atoms with Gasteiger partial charge in [-0.2, -0.15) is 0 Å². The Hall–Kier alpha value is -2.24. The normalized spacial score (nSPS) is 12.4. The molecule has 3 aromatic rings. The number of hydrogen-bond acceptors (Lipinski definition) is 7. The average Bonchev–Trinajstić information content (AvgIpc) is 3.21. The number of sulfonamides is 1. The molecular formula is C19H18Cl2N4O4S2. The number of rotatable bonds is 8. The minimum atomic E-state index is -3.96. The fourth-order valence-electron chi connectivity index (χ4n) is 2.67. The molecule has 164 valence electrons. The van der Waals surface area contributed by atoms with Crippen LogP contribution in [-0.2, 0) is 10.0 Å². The number of nitrogens with one attached hydrogen (secondary N) is 2. The maximum atomic E-state index is 12.8. The van der Waals surface area contributed by atoms with E-state index in [1.165, 1.54) is 18.2 Å². The van der Waals surface area contributed by atoms with Crippen LogP contribution in [0, 0.1) is 0 Å². The summed E-state index contributed by atoms with van der Waals surface area (Å²) in [5.41, 5.74) is 0.955. The van der Waals surface area contributed by atoms with E-state index in [0.717, 1.165) is 16.9 Å². The molecule has 0 bridgehead atoms. The zero-order valence-electron chi connectivity index (χ0n) is 16.4. The average molecular weight is 501 g/mol. The number of methoxy groups -OCH3 is 1. The highest BCUT2D eigenvalue weighted by molar-refractivity contribution is 7.91. The topological polar surface area (TPSA) is 110 Å². The largest absolute Gasteiger partial charge is 0.497 e. The third kappa shape index (κ3) is 5.72. The van der Waals surface area contributed by atoms with Crippen molar-refractivity contribution < 1.29 is 17.9 Å². The minimum absolute atomic E-state index is 0.0221. The van der Waals surface area contributed by atoms with Gasteiger partial charge in [-0.1, -0.05) is 53.6 Å². The molecule has 1 heterocycles. The van der Waals surface area contributed by atoms with E-state index in [4.69, 9.17) is 27.9 Å². The van der Waals surface area contributed by atoms with Gasteiger partial charge in [-0.3, -0.25) is 10.1 Å². The quantitative estimate of drug-likeness (QED) is 0.439. The third-order valence-electron chi connectivity index (χ3n) is 4.26. The monoisotopic (exact) mass is 500 g/mol. The predicted molar refractivity (Wildman–Crippen MR) is 121 cm³/mol. The van der Waals surface area contributed by atoms with Crippen molar-refractivity contribution in [3.8, 4) is 5.75 Å². The number of halogens is 2. The van der Waals surface area contributed by atoms with E-state index in [1.807, 2.05) is 6.92 Å². The van der Waals surface area contributed by atoms with Crippen molar-refractivity contribution in [1.29, 1.82) is 0 Å². The Bertz CT molecular complexity index is 1180. The van der Waals surface area contributed by atoms with E-state index in [1.54, 1.807) is 31.4 Å². The summed E-state index contributed by atoms with van der Waals surface area (Å²) in [6.07, 6.45) is 0.517. The number of hydrogen-bond donors (Lipinski definition) is 2. The molecule has 31 heavy (non-hydrogen) atoms. The molecule has 0 aliphatic heterocycles. The Morgan fingerprint density at radius 3 is 2.48 bits per heavy atom. The first-order valence-electron chi connectivity index (χ1n) is 8.99. The molecule has 3 rings (SSSR count). The van der Waals surface area contributed by atoms with Crippen LogP contribution in [0.5, 0.6) is 5.75 Å². The number of benzene rings is 2. The molecule has 0 aliphatic rings. The molecule has 8 nitrogen and oxygen atoms in total. The van der Waals surface area contributed by atoms with Gasteiger partial charge in [0.2, 0.25) is 9.47 Å². The van der Waals surface area contributed by atoms with Crippen molar-refractivity contribution in [1.82, 2.24) is 14.9 Å². The van der Waals surface area contributed by atoms with Crippen molar-refractivity contribution in [3.63, 3.8) is 0 Å². The van der Waals surface area contributed by atoms with E-state index in [0.29, 0.717) is 17.2 Å². The van der Waals surface area contributed by atoms with Crippen molar-refractivity contribution in [2.75, 3.05) is 12.4 Å². The maximum absolute atomic E-state index is 12.8. The van der Waals surface area contributed by atoms with E-state index >= 15 is 0 Å². The third-order valence-corrected chi connectivity index (χ3v) is 7.48. The molecule has 0 spiro atoms. The van der Waals surface area contributed by atoms with Crippen LogP contribution >= 0.6 is 34.5 Å². The standard InChI is InChI=1S/C19H18Cl2N4O4S2/c1-3-16(11-4-7-13(29-2)8-5-11)25-31(27,28)19-24-23-18(30-19)22-17(26)14-9-6-12(20)10-15(14)21/h4-10,16,25H,3H2,1-2H3,(H,22,23,26)/t16-/m1/s1. The first kappa shape index (κ1) is 23.4. The molecule has 0 radical (unpaired) electrons. The highest BCUT2D eigenvalue weighted by atomic mass is 35.5. The summed E-state index contributed by atoms with van der Waals surface area (Å²) in [6, 6.07) is 11.0. The number of carbonyl (C=O) groups is 1. The lowest BCUT2D eigenvalue weighted by molar-refractivity contribution is 0.102. The highest BCUT2D eigenvalue weighted by Gasteiger charge is 2.25. The molecule has 0 unspecified atom stereocenters. The van der Waals surface area contributed by atoms with Gasteiger partial charge >= 0.3 is 0 Å². The molecule has 2 N–H and O–H groups in total. The summed E-state index contributed by atoms with van der Waals surface area (Å²) in [7, 11) is -2.40. The first-order valence-corrected chi connectivity index (χ1v) is 12.0. The summed E-state index contributed by atoms with van der Waals surface area (Å²) >= 11 is 12.6. The van der Waals surface area contributed by atoms with Gasteiger partial charge in [0.25, 0.3) is 15.9 Å². The minimum Gasteiger partial charge on any atom is -0.497 e. The number of ether oxygens (including phenoxy) is 1. The molecule has 0 saturated carbocycles. The van der Waals surface area contributed by atoms with Crippen molar-refractivity contribution in [2.45, 2.75) is 23.7 Å². The van der Waals surface area contributed by atoms with Crippen LogP contribution in [0.1, 0.15) is 35.3 Å². The van der Waals surface area contributed by atoms with Gasteiger partial charge in [0, 0.05) is 11.1 Å². The second kappa shape index (κ2) is 9.92. The van der Waals surface area contributed by atoms with Crippen LogP contribution in [0.15, 0.2) is 46.8 Å². The Morgan fingerprint density at radius 1 is 1.16 bits per heavy atom. The van der Waals surface area contributed by atoms with Gasteiger partial charge in [0.05, 0.1) is 17.7 Å². The van der Waals surface area contributed by atoms with Crippen LogP contribution in [0.2, 0.25) is 10.0 Å². The number of nitrogens with zero attached hydrogens (tertiary/aromatic N) is 2. The smallest absolute Gasteiger partial charge is 0.270 e. The first-order chi connectivity index (χ1) is 14.7. The number of carbonyl (C=O) groups excluding carboxylic acids is 1. The van der Waals surface area contributed by atoms with Gasteiger partial charge < -0.3 is 4.74 Å². The highest BCUT2D eigenvalue weighted by Crippen LogP contribution is 2.26. The lowest BCUT2D eigenvalue weighted by Gasteiger charge is -2.16. The van der Waals surface area contributed by atoms with Gasteiger partial charge in [0.1, 0.15) is 5.75 Å². The molecule has 2 aromatic carbocycles. The van der Waals surface area contributed by atoms with Crippen molar-refractivity contribution >= 4 is 55.6 Å². The summed E-state index contributed by atoms with van der Waals surface area (Å²) in [5, 5.41) is 10.5. The van der Waals surface area contributed by atoms with Crippen molar-refractivity contribution in [3.05, 3.63) is 63.6 Å². The second-order valence-corrected chi connectivity index (χ2v) is 10.0. The number of amides is 1. The van der Waals surface area contributed by atoms with Gasteiger partial charge in [0.15, 0.2) is 0 Å². The molecule has 0 saturated heterocycles. The van der Waals surface area contributed by atoms with Crippen molar-refractivity contribution in [2.24, 2.45) is 0 Å². The SMILES string of the molecule is CC[C@@H](NS(=O)(=O)c1nnc(NC(=O)c2ccc(Cl)cc2Cl)s1)c1ccc(OC)cc1. The Balaban J connectivity index is 1.74.